The summed E-state index contributed by atoms with van der Waals surface area (Å²) in [6.07, 6.45) is 0. The molecule has 0 N–H and O–H groups in total. The molecule has 0 saturated heterocycles. The molecule has 9 aromatic carbocycles. The fraction of sp³-hybridized carbons (Fsp3) is 0. The summed E-state index contributed by atoms with van der Waals surface area (Å²) in [7, 11) is 0. The Balaban J connectivity index is 1.20. The van der Waals surface area contributed by atoms with E-state index in [1.54, 1.807) is 11.3 Å². The van der Waals surface area contributed by atoms with E-state index in [0.717, 1.165) is 65.9 Å². The minimum absolute atomic E-state index is 0.818. The lowest BCUT2D eigenvalue weighted by Crippen LogP contribution is -2.03. The largest absolute Gasteiger partial charge is 0.309 e. The predicted molar refractivity (Wildman–Crippen MR) is 249 cm³/mol. The summed E-state index contributed by atoms with van der Waals surface area (Å²) < 4.78 is 5.94. The Morgan fingerprint density at radius 3 is 1.71 bits per heavy atom. The Labute approximate surface area is 342 Å². The van der Waals surface area contributed by atoms with Gasteiger partial charge in [-0.25, -0.2) is 9.97 Å². The van der Waals surface area contributed by atoms with Crippen molar-refractivity contribution in [3.05, 3.63) is 194 Å². The molecule has 13 rings (SSSR count). The molecule has 0 fully saturated rings. The molecule has 0 aliphatic rings. The van der Waals surface area contributed by atoms with Crippen molar-refractivity contribution in [2.24, 2.45) is 0 Å². The molecule has 4 aromatic heterocycles. The maximum Gasteiger partial charge on any atom is 0.165 e. The number of nitrogens with zero attached hydrogens (tertiary/aromatic N) is 4. The van der Waals surface area contributed by atoms with Gasteiger partial charge in [-0.3, -0.25) is 4.57 Å². The van der Waals surface area contributed by atoms with E-state index in [0.29, 0.717) is 0 Å². The van der Waals surface area contributed by atoms with Gasteiger partial charge >= 0.3 is 0 Å². The second-order valence-corrected chi connectivity index (χ2v) is 16.4. The SMILES string of the molecule is c1ccc(-c2ccc3c(c2)sc2nc(-c4cccc5c4c4ccccc4n5-c4ccccc4)c(-n4c5cc6ccccc6cc5c5cc6ccccc6cc54)nc23)cc1. The lowest BCUT2D eigenvalue weighted by Gasteiger charge is -2.14. The van der Waals surface area contributed by atoms with Crippen molar-refractivity contribution in [2.75, 3.05) is 0 Å². The Hall–Kier alpha value is -7.60. The number of fused-ring (bicyclic) bond motifs is 11. The average molecular weight is 769 g/mol. The first-order valence-corrected chi connectivity index (χ1v) is 20.8. The van der Waals surface area contributed by atoms with Crippen molar-refractivity contribution in [1.82, 2.24) is 19.1 Å². The van der Waals surface area contributed by atoms with Crippen LogP contribution in [-0.4, -0.2) is 19.1 Å². The molecule has 0 aliphatic carbocycles. The number of hydrogen-bond donors (Lipinski definition) is 0. The van der Waals surface area contributed by atoms with Crippen LogP contribution in [0.5, 0.6) is 0 Å². The summed E-state index contributed by atoms with van der Waals surface area (Å²) in [4.78, 5) is 12.5. The van der Waals surface area contributed by atoms with Gasteiger partial charge in [-0.15, -0.1) is 11.3 Å². The number of rotatable bonds is 4. The Bertz CT molecular complexity index is 3740. The number of aromatic nitrogens is 4. The maximum atomic E-state index is 5.80. The zero-order valence-electron chi connectivity index (χ0n) is 31.7. The van der Waals surface area contributed by atoms with Crippen molar-refractivity contribution < 1.29 is 0 Å². The maximum absolute atomic E-state index is 5.80. The summed E-state index contributed by atoms with van der Waals surface area (Å²) in [6, 6.07) is 70.1. The molecule has 0 amide bonds. The van der Waals surface area contributed by atoms with Crippen LogP contribution >= 0.6 is 11.3 Å². The summed E-state index contributed by atoms with van der Waals surface area (Å²) in [5.41, 5.74) is 10.8. The first kappa shape index (κ1) is 32.5. The van der Waals surface area contributed by atoms with Crippen molar-refractivity contribution in [2.45, 2.75) is 0 Å². The summed E-state index contributed by atoms with van der Waals surface area (Å²) in [6.45, 7) is 0. The summed E-state index contributed by atoms with van der Waals surface area (Å²) in [5, 5.41) is 10.6. The fourth-order valence-electron chi connectivity index (χ4n) is 9.40. The third kappa shape index (κ3) is 4.83. The van der Waals surface area contributed by atoms with Crippen LogP contribution in [-0.2, 0) is 0 Å². The lowest BCUT2D eigenvalue weighted by molar-refractivity contribution is 1.09. The molecular weight excluding hydrogens is 737 g/mol. The van der Waals surface area contributed by atoms with Crippen molar-refractivity contribution in [3.63, 3.8) is 0 Å². The summed E-state index contributed by atoms with van der Waals surface area (Å²) >= 11 is 1.72. The van der Waals surface area contributed by atoms with E-state index in [2.05, 4.69) is 203 Å². The molecule has 274 valence electrons. The van der Waals surface area contributed by atoms with E-state index in [1.807, 2.05) is 0 Å². The molecule has 0 aliphatic heterocycles. The zero-order valence-corrected chi connectivity index (χ0v) is 32.5. The molecular formula is C54H32N4S. The molecule has 0 saturated carbocycles. The van der Waals surface area contributed by atoms with Gasteiger partial charge < -0.3 is 4.57 Å². The molecule has 0 spiro atoms. The van der Waals surface area contributed by atoms with Gasteiger partial charge in [-0.2, -0.15) is 0 Å². The molecule has 59 heavy (non-hydrogen) atoms. The Morgan fingerprint density at radius 1 is 0.390 bits per heavy atom. The smallest absolute Gasteiger partial charge is 0.165 e. The minimum Gasteiger partial charge on any atom is -0.309 e. The van der Waals surface area contributed by atoms with Gasteiger partial charge in [0.25, 0.3) is 0 Å². The second-order valence-electron chi connectivity index (χ2n) is 15.4. The molecule has 0 bridgehead atoms. The second kappa shape index (κ2) is 12.4. The first-order valence-electron chi connectivity index (χ1n) is 20.0. The van der Waals surface area contributed by atoms with Gasteiger partial charge in [0.05, 0.1) is 22.1 Å². The molecule has 0 radical (unpaired) electrons. The van der Waals surface area contributed by atoms with Gasteiger partial charge in [0, 0.05) is 42.9 Å². The lowest BCUT2D eigenvalue weighted by atomic mass is 10.0. The van der Waals surface area contributed by atoms with Gasteiger partial charge in [0.1, 0.15) is 16.0 Å². The minimum atomic E-state index is 0.818. The van der Waals surface area contributed by atoms with Crippen LogP contribution in [0.4, 0.5) is 0 Å². The van der Waals surface area contributed by atoms with Crippen LogP contribution in [0.25, 0.3) is 119 Å². The third-order valence-corrected chi connectivity index (χ3v) is 13.1. The highest BCUT2D eigenvalue weighted by Gasteiger charge is 2.25. The number of thiophene rings is 1. The quantitative estimate of drug-likeness (QED) is 0.179. The molecule has 4 nitrogen and oxygen atoms in total. The van der Waals surface area contributed by atoms with Crippen LogP contribution in [0.2, 0.25) is 0 Å². The number of benzene rings is 9. The van der Waals surface area contributed by atoms with Crippen molar-refractivity contribution in [3.8, 4) is 33.9 Å². The Kier molecular flexibility index (Phi) is 6.85. The zero-order chi connectivity index (χ0) is 38.6. The molecule has 4 heterocycles. The Morgan fingerprint density at radius 2 is 1.00 bits per heavy atom. The predicted octanol–water partition coefficient (Wildman–Crippen LogP) is 14.7. The standard InChI is InChI=1S/C54H32N4S/c1-3-14-33(15-4-1)38-26-27-41-49(32-38)59-54-52(41)55-53(51(56-54)42-23-13-25-46-50(42)40-22-11-12-24-45(40)57(46)39-20-5-2-6-21-39)58-47-30-36-18-9-7-16-34(36)28-43(47)44-29-35-17-8-10-19-37(35)31-48(44)58/h1-32H. The van der Waals surface area contributed by atoms with E-state index in [-0.39, 0.29) is 0 Å². The third-order valence-electron chi connectivity index (χ3n) is 12.1. The van der Waals surface area contributed by atoms with Crippen LogP contribution in [0.3, 0.4) is 0 Å². The van der Waals surface area contributed by atoms with E-state index < -0.39 is 0 Å². The van der Waals surface area contributed by atoms with Gasteiger partial charge in [0.2, 0.25) is 0 Å². The highest BCUT2D eigenvalue weighted by molar-refractivity contribution is 7.25. The van der Waals surface area contributed by atoms with Gasteiger partial charge in [-0.1, -0.05) is 140 Å². The average Bonchev–Trinajstić information content (AvgIpc) is 3.94. The fourth-order valence-corrected chi connectivity index (χ4v) is 10.5. The first-order chi connectivity index (χ1) is 29.2. The molecule has 13 aromatic rings. The van der Waals surface area contributed by atoms with Crippen LogP contribution in [0, 0.1) is 0 Å². The van der Waals surface area contributed by atoms with E-state index >= 15 is 0 Å². The van der Waals surface area contributed by atoms with Crippen molar-refractivity contribution in [1.29, 1.82) is 0 Å². The van der Waals surface area contributed by atoms with Crippen LogP contribution < -0.4 is 0 Å². The van der Waals surface area contributed by atoms with Crippen LogP contribution in [0.1, 0.15) is 0 Å². The van der Waals surface area contributed by atoms with Gasteiger partial charge in [0.15, 0.2) is 5.82 Å². The molecule has 0 atom stereocenters. The van der Waals surface area contributed by atoms with E-state index in [9.17, 15) is 0 Å². The van der Waals surface area contributed by atoms with Gasteiger partial charge in [-0.05, 0) is 87.3 Å². The highest BCUT2D eigenvalue weighted by Crippen LogP contribution is 2.45. The highest BCUT2D eigenvalue weighted by atomic mass is 32.1. The van der Waals surface area contributed by atoms with E-state index in [4.69, 9.17) is 9.97 Å². The monoisotopic (exact) mass is 768 g/mol. The van der Waals surface area contributed by atoms with E-state index in [1.165, 1.54) is 53.5 Å². The topological polar surface area (TPSA) is 35.6 Å². The summed E-state index contributed by atoms with van der Waals surface area (Å²) in [5.74, 6) is 0.818. The molecule has 0 unspecified atom stereocenters. The number of para-hydroxylation sites is 2. The number of hydrogen-bond acceptors (Lipinski definition) is 3. The normalized spacial score (nSPS) is 12.1. The van der Waals surface area contributed by atoms with Crippen molar-refractivity contribution >= 4 is 96.9 Å². The molecule has 5 heteroatoms. The van der Waals surface area contributed by atoms with Crippen LogP contribution in [0.15, 0.2) is 194 Å².